The average Bonchev–Trinajstić information content (AvgIpc) is 3.06. The highest BCUT2D eigenvalue weighted by molar-refractivity contribution is 7.17. The van der Waals surface area contributed by atoms with Crippen molar-refractivity contribution in [3.63, 3.8) is 0 Å². The summed E-state index contributed by atoms with van der Waals surface area (Å²) < 4.78 is 1.13. The molecule has 2 aromatic rings. The van der Waals surface area contributed by atoms with E-state index >= 15 is 0 Å². The third-order valence-electron chi connectivity index (χ3n) is 5.25. The number of carboxylic acids is 1. The first kappa shape index (κ1) is 13.8. The third kappa shape index (κ3) is 2.03. The lowest BCUT2D eigenvalue weighted by Crippen LogP contribution is -2.39. The van der Waals surface area contributed by atoms with E-state index in [1.165, 1.54) is 0 Å². The number of aliphatic carboxylic acids is 1. The molecule has 2 aliphatic rings. The minimum absolute atomic E-state index is 0.0284. The van der Waals surface area contributed by atoms with Crippen LogP contribution in [0.2, 0.25) is 0 Å². The van der Waals surface area contributed by atoms with Crippen LogP contribution in [0, 0.1) is 11.3 Å². The number of thiophene rings is 1. The predicted octanol–water partition coefficient (Wildman–Crippen LogP) is 3.23. The van der Waals surface area contributed by atoms with Crippen molar-refractivity contribution in [1.29, 1.82) is 0 Å². The van der Waals surface area contributed by atoms with Crippen molar-refractivity contribution < 1.29 is 14.7 Å². The number of hydrogen-bond acceptors (Lipinski definition) is 3. The third-order valence-corrected chi connectivity index (χ3v) is 6.21. The Labute approximate surface area is 132 Å². The molecule has 0 bridgehead atoms. The molecule has 5 heteroatoms. The summed E-state index contributed by atoms with van der Waals surface area (Å²) in [5.74, 6) is -0.782. The predicted molar refractivity (Wildman–Crippen MR) is 85.1 cm³/mol. The van der Waals surface area contributed by atoms with Gasteiger partial charge in [-0.3, -0.25) is 9.59 Å². The minimum Gasteiger partial charge on any atom is -0.481 e. The Morgan fingerprint density at radius 1 is 1.23 bits per heavy atom. The molecule has 1 spiro atoms. The van der Waals surface area contributed by atoms with Crippen LogP contribution < -0.4 is 0 Å². The number of rotatable bonds is 2. The van der Waals surface area contributed by atoms with Gasteiger partial charge in [-0.05, 0) is 30.7 Å². The summed E-state index contributed by atoms with van der Waals surface area (Å²) >= 11 is 1.60. The number of carboxylic acid groups (broad SMARTS) is 1. The average molecular weight is 315 g/mol. The summed E-state index contributed by atoms with van der Waals surface area (Å²) in [7, 11) is 0. The molecule has 1 N–H and O–H groups in total. The molecule has 1 aliphatic carbocycles. The lowest BCUT2D eigenvalue weighted by atomic mass is 9.90. The maximum absolute atomic E-state index is 12.7. The number of benzene rings is 1. The zero-order valence-electron chi connectivity index (χ0n) is 12.1. The zero-order chi connectivity index (χ0) is 15.3. The van der Waals surface area contributed by atoms with E-state index in [0.717, 1.165) is 34.9 Å². The summed E-state index contributed by atoms with van der Waals surface area (Å²) in [6.07, 6.45) is 2.42. The molecular weight excluding hydrogens is 298 g/mol. The van der Waals surface area contributed by atoms with Crippen LogP contribution in [-0.2, 0) is 4.79 Å². The number of nitrogens with zero attached hydrogens (tertiary/aromatic N) is 1. The molecule has 1 saturated heterocycles. The van der Waals surface area contributed by atoms with E-state index in [2.05, 4.69) is 0 Å². The van der Waals surface area contributed by atoms with E-state index in [0.29, 0.717) is 13.1 Å². The van der Waals surface area contributed by atoms with Gasteiger partial charge in [0.2, 0.25) is 0 Å². The molecule has 1 aromatic carbocycles. The van der Waals surface area contributed by atoms with Crippen molar-refractivity contribution in [3.05, 3.63) is 35.2 Å². The number of fused-ring (bicyclic) bond motifs is 1. The Hall–Kier alpha value is -1.88. The van der Waals surface area contributed by atoms with Crippen molar-refractivity contribution in [2.24, 2.45) is 11.3 Å². The molecule has 0 radical (unpaired) electrons. The second-order valence-electron chi connectivity index (χ2n) is 6.40. The van der Waals surface area contributed by atoms with Crippen LogP contribution in [0.1, 0.15) is 29.6 Å². The van der Waals surface area contributed by atoms with Gasteiger partial charge < -0.3 is 10.0 Å². The van der Waals surface area contributed by atoms with Gasteiger partial charge in [0.1, 0.15) is 0 Å². The van der Waals surface area contributed by atoms with Crippen molar-refractivity contribution in [1.82, 2.24) is 4.90 Å². The molecule has 2 fully saturated rings. The van der Waals surface area contributed by atoms with Crippen LogP contribution in [0.25, 0.3) is 10.1 Å². The lowest BCUT2D eigenvalue weighted by molar-refractivity contribution is -0.139. The molecule has 1 amide bonds. The van der Waals surface area contributed by atoms with Gasteiger partial charge in [0.25, 0.3) is 5.91 Å². The Morgan fingerprint density at radius 2 is 1.95 bits per heavy atom. The van der Waals surface area contributed by atoms with Crippen molar-refractivity contribution in [3.8, 4) is 0 Å². The largest absolute Gasteiger partial charge is 0.481 e. The maximum atomic E-state index is 12.7. The Bertz CT molecular complexity index is 758. The zero-order valence-corrected chi connectivity index (χ0v) is 12.9. The van der Waals surface area contributed by atoms with E-state index in [4.69, 9.17) is 5.11 Å². The normalized spacial score (nSPS) is 22.9. The van der Waals surface area contributed by atoms with Gasteiger partial charge in [-0.1, -0.05) is 18.2 Å². The van der Waals surface area contributed by atoms with Gasteiger partial charge in [-0.2, -0.15) is 0 Å². The lowest BCUT2D eigenvalue weighted by Gasteiger charge is -2.32. The number of piperidine rings is 1. The van der Waals surface area contributed by atoms with E-state index in [9.17, 15) is 9.59 Å². The fourth-order valence-electron chi connectivity index (χ4n) is 3.72. The summed E-state index contributed by atoms with van der Waals surface area (Å²) in [6, 6.07) is 7.96. The van der Waals surface area contributed by atoms with Crippen LogP contribution in [-0.4, -0.2) is 35.0 Å². The van der Waals surface area contributed by atoms with Crippen LogP contribution in [0.4, 0.5) is 0 Å². The second-order valence-corrected chi connectivity index (χ2v) is 7.31. The van der Waals surface area contributed by atoms with E-state index < -0.39 is 5.97 Å². The van der Waals surface area contributed by atoms with Gasteiger partial charge in [0.15, 0.2) is 0 Å². The number of carbonyl (C=O) groups is 2. The molecule has 1 unspecified atom stereocenters. The smallest absolute Gasteiger partial charge is 0.307 e. The van der Waals surface area contributed by atoms with Crippen molar-refractivity contribution >= 4 is 33.3 Å². The van der Waals surface area contributed by atoms with Gasteiger partial charge in [0, 0.05) is 28.6 Å². The number of amides is 1. The maximum Gasteiger partial charge on any atom is 0.307 e. The minimum atomic E-state index is -0.677. The molecule has 1 aliphatic heterocycles. The van der Waals surface area contributed by atoms with E-state index in [1.807, 2.05) is 34.5 Å². The van der Waals surface area contributed by atoms with Gasteiger partial charge in [-0.15, -0.1) is 11.3 Å². The van der Waals surface area contributed by atoms with Crippen LogP contribution in [0.15, 0.2) is 29.6 Å². The Morgan fingerprint density at radius 3 is 2.64 bits per heavy atom. The Balaban J connectivity index is 1.50. The van der Waals surface area contributed by atoms with Crippen molar-refractivity contribution in [2.75, 3.05) is 13.1 Å². The molecule has 2 heterocycles. The SMILES string of the molecule is O=C(O)C1CC12CCN(C(=O)c1csc3ccccc13)CC2. The number of hydrogen-bond donors (Lipinski definition) is 1. The van der Waals surface area contributed by atoms with E-state index in [-0.39, 0.29) is 17.2 Å². The molecule has 22 heavy (non-hydrogen) atoms. The van der Waals surface area contributed by atoms with Gasteiger partial charge in [0.05, 0.1) is 11.5 Å². The molecule has 4 rings (SSSR count). The quantitative estimate of drug-likeness (QED) is 0.925. The molecular formula is C17H17NO3S. The fourth-order valence-corrected chi connectivity index (χ4v) is 4.65. The molecule has 1 aromatic heterocycles. The molecule has 114 valence electrons. The monoisotopic (exact) mass is 315 g/mol. The molecule has 1 atom stereocenters. The topological polar surface area (TPSA) is 57.6 Å². The number of likely N-dealkylation sites (tertiary alicyclic amines) is 1. The number of carbonyl (C=O) groups excluding carboxylic acids is 1. The highest BCUT2D eigenvalue weighted by Crippen LogP contribution is 2.59. The summed E-state index contributed by atoms with van der Waals surface area (Å²) in [6.45, 7) is 1.35. The highest BCUT2D eigenvalue weighted by Gasteiger charge is 2.59. The van der Waals surface area contributed by atoms with Gasteiger partial charge in [-0.25, -0.2) is 0 Å². The van der Waals surface area contributed by atoms with Crippen LogP contribution >= 0.6 is 11.3 Å². The summed E-state index contributed by atoms with van der Waals surface area (Å²) in [5.41, 5.74) is 0.751. The van der Waals surface area contributed by atoms with Crippen LogP contribution in [0.3, 0.4) is 0 Å². The first-order chi connectivity index (χ1) is 10.6. The highest BCUT2D eigenvalue weighted by atomic mass is 32.1. The standard InChI is InChI=1S/C17H17NO3S/c19-15(12-10-22-14-4-2-1-3-11(12)14)18-7-5-17(6-8-18)9-13(17)16(20)21/h1-4,10,13H,5-9H2,(H,20,21). The molecule has 1 saturated carbocycles. The summed E-state index contributed by atoms with van der Waals surface area (Å²) in [4.78, 5) is 25.7. The first-order valence-corrected chi connectivity index (χ1v) is 8.47. The fraction of sp³-hybridized carbons (Fsp3) is 0.412. The van der Waals surface area contributed by atoms with E-state index in [1.54, 1.807) is 11.3 Å². The molecule has 4 nitrogen and oxygen atoms in total. The first-order valence-electron chi connectivity index (χ1n) is 7.59. The summed E-state index contributed by atoms with van der Waals surface area (Å²) in [5, 5.41) is 12.1. The van der Waals surface area contributed by atoms with Crippen LogP contribution in [0.5, 0.6) is 0 Å². The van der Waals surface area contributed by atoms with Crippen molar-refractivity contribution in [2.45, 2.75) is 19.3 Å². The Kier molecular flexibility index (Phi) is 3.01. The second kappa shape index (κ2) is 4.81. The van der Waals surface area contributed by atoms with Gasteiger partial charge >= 0.3 is 5.97 Å².